The lowest BCUT2D eigenvalue weighted by Gasteiger charge is -2.13. The van der Waals surface area contributed by atoms with Crippen LogP contribution in [0, 0.1) is 0 Å². The number of carbonyl (C=O) groups excluding carboxylic acids is 4. The SMILES string of the molecule is CCCCC(=O)NNC(=O)CCCCCN1C(=O)C=CC1=O. The molecule has 0 fully saturated rings. The summed E-state index contributed by atoms with van der Waals surface area (Å²) >= 11 is 0. The third-order valence-electron chi connectivity index (χ3n) is 3.28. The first kappa shape index (κ1) is 17.9. The van der Waals surface area contributed by atoms with Crippen molar-refractivity contribution in [2.45, 2.75) is 51.9 Å². The Kier molecular flexibility index (Phi) is 7.88. The van der Waals surface area contributed by atoms with E-state index in [-0.39, 0.29) is 23.6 Å². The van der Waals surface area contributed by atoms with Crippen LogP contribution in [0.5, 0.6) is 0 Å². The molecule has 0 saturated heterocycles. The first-order valence-electron chi connectivity index (χ1n) is 7.65. The number of unbranched alkanes of at least 4 members (excludes halogenated alkanes) is 3. The average molecular weight is 309 g/mol. The maximum absolute atomic E-state index is 11.5. The van der Waals surface area contributed by atoms with Crippen molar-refractivity contribution in [2.75, 3.05) is 6.54 Å². The summed E-state index contributed by atoms with van der Waals surface area (Å²) in [5.41, 5.74) is 4.74. The maximum atomic E-state index is 11.5. The van der Waals surface area contributed by atoms with Crippen molar-refractivity contribution in [1.29, 1.82) is 0 Å². The highest BCUT2D eigenvalue weighted by Gasteiger charge is 2.22. The van der Waals surface area contributed by atoms with Crippen LogP contribution in [0.25, 0.3) is 0 Å². The topological polar surface area (TPSA) is 95.6 Å². The van der Waals surface area contributed by atoms with Gasteiger partial charge in [0.1, 0.15) is 0 Å². The molecule has 0 radical (unpaired) electrons. The lowest BCUT2D eigenvalue weighted by Crippen LogP contribution is -2.41. The molecule has 0 aromatic heterocycles. The quantitative estimate of drug-likeness (QED) is 0.374. The van der Waals surface area contributed by atoms with Crippen molar-refractivity contribution in [1.82, 2.24) is 15.8 Å². The molecule has 1 aliphatic rings. The fourth-order valence-corrected chi connectivity index (χ4v) is 1.99. The molecule has 0 spiro atoms. The van der Waals surface area contributed by atoms with E-state index in [0.29, 0.717) is 32.2 Å². The van der Waals surface area contributed by atoms with Crippen molar-refractivity contribution in [3.63, 3.8) is 0 Å². The van der Waals surface area contributed by atoms with Crippen molar-refractivity contribution < 1.29 is 19.2 Å². The molecule has 0 unspecified atom stereocenters. The van der Waals surface area contributed by atoms with Crippen LogP contribution in [0.1, 0.15) is 51.9 Å². The lowest BCUT2D eigenvalue weighted by atomic mass is 10.2. The van der Waals surface area contributed by atoms with Crippen molar-refractivity contribution in [2.24, 2.45) is 0 Å². The monoisotopic (exact) mass is 309 g/mol. The molecule has 7 nitrogen and oxygen atoms in total. The zero-order chi connectivity index (χ0) is 16.4. The Labute approximate surface area is 130 Å². The molecule has 1 aliphatic heterocycles. The van der Waals surface area contributed by atoms with E-state index in [9.17, 15) is 19.2 Å². The predicted molar refractivity (Wildman–Crippen MR) is 80.1 cm³/mol. The average Bonchev–Trinajstić information content (AvgIpc) is 2.82. The highest BCUT2D eigenvalue weighted by Crippen LogP contribution is 2.07. The van der Waals surface area contributed by atoms with Gasteiger partial charge in [0.25, 0.3) is 11.8 Å². The molecule has 0 aromatic carbocycles. The number of amides is 4. The second-order valence-corrected chi connectivity index (χ2v) is 5.17. The van der Waals surface area contributed by atoms with Crippen LogP contribution in [0.4, 0.5) is 0 Å². The Morgan fingerprint density at radius 2 is 1.45 bits per heavy atom. The molecular formula is C15H23N3O4. The lowest BCUT2D eigenvalue weighted by molar-refractivity contribution is -0.137. The van der Waals surface area contributed by atoms with E-state index in [2.05, 4.69) is 10.9 Å². The summed E-state index contributed by atoms with van der Waals surface area (Å²) in [6.07, 6.45) is 6.98. The largest absolute Gasteiger partial charge is 0.275 e. The van der Waals surface area contributed by atoms with Crippen LogP contribution in [-0.4, -0.2) is 35.1 Å². The summed E-state index contributed by atoms with van der Waals surface area (Å²) in [7, 11) is 0. The van der Waals surface area contributed by atoms with Crippen LogP contribution < -0.4 is 10.9 Å². The van der Waals surface area contributed by atoms with Gasteiger partial charge in [-0.15, -0.1) is 0 Å². The molecule has 0 atom stereocenters. The number of nitrogens with one attached hydrogen (secondary N) is 2. The van der Waals surface area contributed by atoms with E-state index in [1.165, 1.54) is 17.1 Å². The summed E-state index contributed by atoms with van der Waals surface area (Å²) in [6.45, 7) is 2.37. The Morgan fingerprint density at radius 1 is 0.909 bits per heavy atom. The van der Waals surface area contributed by atoms with Gasteiger partial charge in [0.15, 0.2) is 0 Å². The number of hydrogen-bond acceptors (Lipinski definition) is 4. The van der Waals surface area contributed by atoms with Crippen LogP contribution in [0.15, 0.2) is 12.2 Å². The summed E-state index contributed by atoms with van der Waals surface area (Å²) < 4.78 is 0. The molecule has 7 heteroatoms. The van der Waals surface area contributed by atoms with Crippen LogP contribution in [0.3, 0.4) is 0 Å². The molecule has 2 N–H and O–H groups in total. The Morgan fingerprint density at radius 3 is 2.00 bits per heavy atom. The third kappa shape index (κ3) is 6.51. The number of nitrogens with zero attached hydrogens (tertiary/aromatic N) is 1. The van der Waals surface area contributed by atoms with Gasteiger partial charge in [0.2, 0.25) is 11.8 Å². The second kappa shape index (κ2) is 9.70. The van der Waals surface area contributed by atoms with Gasteiger partial charge >= 0.3 is 0 Å². The standard InChI is InChI=1S/C15H23N3O4/c1-2-3-7-12(19)16-17-13(20)8-5-4-6-11-18-14(21)9-10-15(18)22/h9-10H,2-8,11H2,1H3,(H,16,19)(H,17,20). The Hall–Kier alpha value is -2.18. The molecule has 122 valence electrons. The molecule has 1 rings (SSSR count). The van der Waals surface area contributed by atoms with Gasteiger partial charge in [0, 0.05) is 31.5 Å². The number of imide groups is 1. The Bertz CT molecular complexity index is 442. The van der Waals surface area contributed by atoms with E-state index >= 15 is 0 Å². The third-order valence-corrected chi connectivity index (χ3v) is 3.28. The van der Waals surface area contributed by atoms with Gasteiger partial charge in [-0.3, -0.25) is 34.9 Å². The van der Waals surface area contributed by atoms with Crippen LogP contribution in [-0.2, 0) is 19.2 Å². The van der Waals surface area contributed by atoms with E-state index in [0.717, 1.165) is 19.3 Å². The van der Waals surface area contributed by atoms with E-state index in [1.807, 2.05) is 6.92 Å². The zero-order valence-corrected chi connectivity index (χ0v) is 12.9. The number of hydrazine groups is 1. The van der Waals surface area contributed by atoms with Crippen molar-refractivity contribution in [3.05, 3.63) is 12.2 Å². The van der Waals surface area contributed by atoms with Crippen molar-refractivity contribution >= 4 is 23.6 Å². The summed E-state index contributed by atoms with van der Waals surface area (Å²) in [4.78, 5) is 46.6. The van der Waals surface area contributed by atoms with E-state index < -0.39 is 0 Å². The molecule has 22 heavy (non-hydrogen) atoms. The molecule has 4 amide bonds. The van der Waals surface area contributed by atoms with E-state index in [4.69, 9.17) is 0 Å². The van der Waals surface area contributed by atoms with E-state index in [1.54, 1.807) is 0 Å². The van der Waals surface area contributed by atoms with Gasteiger partial charge in [0.05, 0.1) is 0 Å². The first-order valence-corrected chi connectivity index (χ1v) is 7.65. The van der Waals surface area contributed by atoms with Gasteiger partial charge in [-0.2, -0.15) is 0 Å². The van der Waals surface area contributed by atoms with Gasteiger partial charge in [-0.25, -0.2) is 0 Å². The second-order valence-electron chi connectivity index (χ2n) is 5.17. The van der Waals surface area contributed by atoms with Crippen LogP contribution >= 0.6 is 0 Å². The smallest absolute Gasteiger partial charge is 0.253 e. The van der Waals surface area contributed by atoms with Gasteiger partial charge < -0.3 is 0 Å². The summed E-state index contributed by atoms with van der Waals surface area (Å²) in [5, 5.41) is 0. The number of rotatable bonds is 9. The first-order chi connectivity index (χ1) is 10.5. The fourth-order valence-electron chi connectivity index (χ4n) is 1.99. The minimum absolute atomic E-state index is 0.186. The molecule has 1 heterocycles. The highest BCUT2D eigenvalue weighted by atomic mass is 16.2. The van der Waals surface area contributed by atoms with Crippen LogP contribution in [0.2, 0.25) is 0 Å². The van der Waals surface area contributed by atoms with Gasteiger partial charge in [-0.05, 0) is 19.3 Å². The molecule has 0 aromatic rings. The van der Waals surface area contributed by atoms with Gasteiger partial charge in [-0.1, -0.05) is 19.8 Å². The minimum Gasteiger partial charge on any atom is -0.275 e. The number of carbonyl (C=O) groups is 4. The highest BCUT2D eigenvalue weighted by molar-refractivity contribution is 6.12. The maximum Gasteiger partial charge on any atom is 0.253 e. The molecule has 0 bridgehead atoms. The summed E-state index contributed by atoms with van der Waals surface area (Å²) in [5.74, 6) is -0.983. The normalized spacial score (nSPS) is 13.6. The summed E-state index contributed by atoms with van der Waals surface area (Å²) in [6, 6.07) is 0. The zero-order valence-electron chi connectivity index (χ0n) is 12.9. The molecule has 0 aliphatic carbocycles. The Balaban J connectivity index is 2.02. The molecule has 0 saturated carbocycles. The predicted octanol–water partition coefficient (Wildman–Crippen LogP) is 0.809. The molecular weight excluding hydrogens is 286 g/mol. The number of hydrogen-bond donors (Lipinski definition) is 2. The minimum atomic E-state index is -0.280. The fraction of sp³-hybridized carbons (Fsp3) is 0.600. The van der Waals surface area contributed by atoms with Crippen molar-refractivity contribution in [3.8, 4) is 0 Å².